The lowest BCUT2D eigenvalue weighted by Gasteiger charge is -2.29. The largest absolute Gasteiger partial charge is 0.503 e. The number of carbonyl (C=O) groups is 4. The maximum Gasteiger partial charge on any atom is 0.332 e. The SMILES string of the molecule is CCCCCCCCCCCCC(=O)OC1[C@H](C)OC(=O)C(NC(=O)c2nccc(OC)c2O)COC(=O)[C@@H]1Cc1ccccc1. The highest BCUT2D eigenvalue weighted by Gasteiger charge is 2.42. The molecule has 0 bridgehead atoms. The van der Waals surface area contributed by atoms with Crippen LogP contribution in [0.2, 0.25) is 0 Å². The van der Waals surface area contributed by atoms with Crippen molar-refractivity contribution in [2.45, 2.75) is 109 Å². The van der Waals surface area contributed by atoms with E-state index in [2.05, 4.69) is 17.2 Å². The number of amides is 1. The Bertz CT molecular complexity index is 1270. The average molecular weight is 641 g/mol. The number of cyclic esters (lactones) is 2. The Kier molecular flexibility index (Phi) is 15.3. The number of hydrogen-bond acceptors (Lipinski definition) is 10. The lowest BCUT2D eigenvalue weighted by Crippen LogP contribution is -2.46. The van der Waals surface area contributed by atoms with Crippen LogP contribution in [0.15, 0.2) is 42.6 Å². The van der Waals surface area contributed by atoms with E-state index in [0.717, 1.165) is 24.8 Å². The fourth-order valence-corrected chi connectivity index (χ4v) is 5.44. The first-order chi connectivity index (χ1) is 22.2. The number of aromatic nitrogens is 1. The predicted octanol–water partition coefficient (Wildman–Crippen LogP) is 5.46. The van der Waals surface area contributed by atoms with E-state index in [9.17, 15) is 24.3 Å². The molecule has 4 atom stereocenters. The molecule has 1 aliphatic rings. The highest BCUT2D eigenvalue weighted by molar-refractivity contribution is 5.98. The van der Waals surface area contributed by atoms with Gasteiger partial charge in [-0.2, -0.15) is 0 Å². The molecule has 0 radical (unpaired) electrons. The van der Waals surface area contributed by atoms with Gasteiger partial charge in [0.15, 0.2) is 29.3 Å². The molecule has 0 saturated carbocycles. The second-order valence-electron chi connectivity index (χ2n) is 11.7. The van der Waals surface area contributed by atoms with Crippen LogP contribution in [0.4, 0.5) is 0 Å². The Morgan fingerprint density at radius 2 is 1.61 bits per heavy atom. The van der Waals surface area contributed by atoms with Crippen molar-refractivity contribution >= 4 is 23.8 Å². The highest BCUT2D eigenvalue weighted by atomic mass is 16.6. The van der Waals surface area contributed by atoms with Crippen LogP contribution in [0, 0.1) is 5.92 Å². The van der Waals surface area contributed by atoms with Gasteiger partial charge in [-0.25, -0.2) is 9.78 Å². The number of esters is 3. The molecule has 11 nitrogen and oxygen atoms in total. The topological polar surface area (TPSA) is 150 Å². The first kappa shape index (κ1) is 36.3. The molecule has 252 valence electrons. The second kappa shape index (κ2) is 19.4. The van der Waals surface area contributed by atoms with E-state index in [1.165, 1.54) is 57.9 Å². The Balaban J connectivity index is 1.66. The zero-order chi connectivity index (χ0) is 33.3. The van der Waals surface area contributed by atoms with Gasteiger partial charge in [0.1, 0.15) is 18.6 Å². The minimum atomic E-state index is -1.41. The Morgan fingerprint density at radius 1 is 0.957 bits per heavy atom. The number of hydrogen-bond donors (Lipinski definition) is 2. The normalized spacial score (nSPS) is 20.0. The minimum absolute atomic E-state index is 0.0171. The van der Waals surface area contributed by atoms with Crippen LogP contribution in [-0.4, -0.2) is 65.9 Å². The summed E-state index contributed by atoms with van der Waals surface area (Å²) in [5.41, 5.74) is 0.425. The third-order valence-electron chi connectivity index (χ3n) is 8.07. The molecule has 3 rings (SSSR count). The summed E-state index contributed by atoms with van der Waals surface area (Å²) in [6.45, 7) is 3.22. The summed E-state index contributed by atoms with van der Waals surface area (Å²) in [7, 11) is 1.32. The molecular weight excluding hydrogens is 592 g/mol. The van der Waals surface area contributed by atoms with Gasteiger partial charge in [0, 0.05) is 18.7 Å². The zero-order valence-electron chi connectivity index (χ0n) is 27.2. The lowest BCUT2D eigenvalue weighted by molar-refractivity contribution is -0.174. The van der Waals surface area contributed by atoms with E-state index in [-0.39, 0.29) is 24.3 Å². The van der Waals surface area contributed by atoms with Gasteiger partial charge in [-0.15, -0.1) is 0 Å². The summed E-state index contributed by atoms with van der Waals surface area (Å²) in [5, 5.41) is 12.7. The molecule has 2 heterocycles. The van der Waals surface area contributed by atoms with E-state index >= 15 is 0 Å². The average Bonchev–Trinajstić information content (AvgIpc) is 3.08. The van der Waals surface area contributed by atoms with Crippen molar-refractivity contribution in [3.8, 4) is 11.5 Å². The zero-order valence-corrected chi connectivity index (χ0v) is 27.2. The molecule has 2 unspecified atom stereocenters. The maximum atomic E-state index is 13.5. The van der Waals surface area contributed by atoms with Gasteiger partial charge in [-0.05, 0) is 25.3 Å². The molecule has 1 aromatic carbocycles. The summed E-state index contributed by atoms with van der Waals surface area (Å²) < 4.78 is 22.0. The number of nitrogens with one attached hydrogen (secondary N) is 1. The first-order valence-electron chi connectivity index (χ1n) is 16.4. The van der Waals surface area contributed by atoms with E-state index in [1.54, 1.807) is 6.92 Å². The number of carbonyl (C=O) groups excluding carboxylic acids is 4. The number of aromatic hydroxyl groups is 1. The Hall–Kier alpha value is -4.15. The van der Waals surface area contributed by atoms with Gasteiger partial charge >= 0.3 is 17.9 Å². The third-order valence-corrected chi connectivity index (χ3v) is 8.07. The molecule has 46 heavy (non-hydrogen) atoms. The number of ether oxygens (including phenoxy) is 4. The van der Waals surface area contributed by atoms with Crippen molar-refractivity contribution in [3.63, 3.8) is 0 Å². The Morgan fingerprint density at radius 3 is 2.26 bits per heavy atom. The fourth-order valence-electron chi connectivity index (χ4n) is 5.44. The fraction of sp³-hybridized carbons (Fsp3) is 0.571. The second-order valence-corrected chi connectivity index (χ2v) is 11.7. The number of unbranched alkanes of at least 4 members (excludes halogenated alkanes) is 9. The van der Waals surface area contributed by atoms with Crippen molar-refractivity contribution in [3.05, 3.63) is 53.9 Å². The van der Waals surface area contributed by atoms with Gasteiger partial charge in [0.25, 0.3) is 5.91 Å². The first-order valence-corrected chi connectivity index (χ1v) is 16.4. The molecule has 11 heteroatoms. The van der Waals surface area contributed by atoms with E-state index < -0.39 is 60.3 Å². The molecule has 1 saturated heterocycles. The van der Waals surface area contributed by atoms with Crippen LogP contribution in [0.1, 0.15) is 101 Å². The lowest BCUT2D eigenvalue weighted by atomic mass is 9.91. The molecule has 2 aromatic rings. The number of pyridine rings is 1. The van der Waals surface area contributed by atoms with Crippen LogP contribution in [-0.2, 0) is 35.0 Å². The van der Waals surface area contributed by atoms with Crippen LogP contribution in [0.3, 0.4) is 0 Å². The third kappa shape index (κ3) is 11.3. The standard InChI is InChI=1S/C35H48N2O9/c1-4-5-6-7-8-9-10-11-12-16-19-29(38)46-32-24(2)45-35(42)27(37-33(40)30-31(39)28(43-3)20-21-36-30)23-44-34(41)26(32)22-25-17-14-13-15-18-25/h13-15,17-18,20-21,24,26-27,32,39H,4-12,16,19,22-23H2,1-3H3,(H,37,40)/t24-,26+,27?,32?/m0/s1. The van der Waals surface area contributed by atoms with Crippen LogP contribution < -0.4 is 10.1 Å². The summed E-state index contributed by atoms with van der Waals surface area (Å²) in [6.07, 6.45) is 10.7. The predicted molar refractivity (Wildman–Crippen MR) is 170 cm³/mol. The molecular formula is C35H48N2O9. The van der Waals surface area contributed by atoms with E-state index in [1.807, 2.05) is 30.3 Å². The summed E-state index contributed by atoms with van der Waals surface area (Å²) in [4.78, 5) is 56.5. The molecule has 2 N–H and O–H groups in total. The highest BCUT2D eigenvalue weighted by Crippen LogP contribution is 2.28. The van der Waals surface area contributed by atoms with Crippen molar-refractivity contribution in [1.29, 1.82) is 0 Å². The van der Waals surface area contributed by atoms with Gasteiger partial charge < -0.3 is 29.4 Å². The molecule has 1 amide bonds. The number of methoxy groups -OCH3 is 1. The summed E-state index contributed by atoms with van der Waals surface area (Å²) >= 11 is 0. The van der Waals surface area contributed by atoms with Gasteiger partial charge in [-0.3, -0.25) is 14.4 Å². The van der Waals surface area contributed by atoms with Crippen LogP contribution >= 0.6 is 0 Å². The molecule has 1 fully saturated rings. The van der Waals surface area contributed by atoms with Crippen molar-refractivity contribution in [2.75, 3.05) is 13.7 Å². The molecule has 0 spiro atoms. The quantitative estimate of drug-likeness (QED) is 0.130. The molecule has 0 aliphatic carbocycles. The van der Waals surface area contributed by atoms with Crippen molar-refractivity contribution < 1.29 is 43.2 Å². The molecule has 1 aliphatic heterocycles. The van der Waals surface area contributed by atoms with Gasteiger partial charge in [0.2, 0.25) is 0 Å². The number of benzene rings is 1. The Labute approximate surface area is 271 Å². The monoisotopic (exact) mass is 640 g/mol. The van der Waals surface area contributed by atoms with E-state index in [0.29, 0.717) is 6.42 Å². The summed E-state index contributed by atoms with van der Waals surface area (Å²) in [5.74, 6) is -4.45. The van der Waals surface area contributed by atoms with Crippen LogP contribution in [0.25, 0.3) is 0 Å². The smallest absolute Gasteiger partial charge is 0.332 e. The van der Waals surface area contributed by atoms with Gasteiger partial charge in [-0.1, -0.05) is 95.0 Å². The van der Waals surface area contributed by atoms with Crippen molar-refractivity contribution in [1.82, 2.24) is 10.3 Å². The summed E-state index contributed by atoms with van der Waals surface area (Å²) in [6, 6.07) is 9.16. The van der Waals surface area contributed by atoms with Crippen molar-refractivity contribution in [2.24, 2.45) is 5.92 Å². The number of rotatable bonds is 17. The minimum Gasteiger partial charge on any atom is -0.503 e. The maximum absolute atomic E-state index is 13.5. The van der Waals surface area contributed by atoms with Gasteiger partial charge in [0.05, 0.1) is 7.11 Å². The van der Waals surface area contributed by atoms with Crippen LogP contribution in [0.5, 0.6) is 11.5 Å². The number of nitrogens with zero attached hydrogens (tertiary/aromatic N) is 1. The molecule has 1 aromatic heterocycles. The van der Waals surface area contributed by atoms with E-state index in [4.69, 9.17) is 18.9 Å².